The van der Waals surface area contributed by atoms with Crippen molar-refractivity contribution in [1.29, 1.82) is 0 Å². The number of rotatable bonds is 6. The summed E-state index contributed by atoms with van der Waals surface area (Å²) in [5.74, 6) is 0. The van der Waals surface area contributed by atoms with E-state index in [-0.39, 0.29) is 5.56 Å². The van der Waals surface area contributed by atoms with Crippen LogP contribution in [-0.2, 0) is 4.74 Å². The lowest BCUT2D eigenvalue weighted by Crippen LogP contribution is -2.17. The van der Waals surface area contributed by atoms with Crippen molar-refractivity contribution < 1.29 is 4.74 Å². The van der Waals surface area contributed by atoms with Gasteiger partial charge < -0.3 is 4.74 Å². The van der Waals surface area contributed by atoms with Gasteiger partial charge in [0.15, 0.2) is 0 Å². The van der Waals surface area contributed by atoms with Gasteiger partial charge >= 0.3 is 0 Å². The number of nitrogens with one attached hydrogen (secondary N) is 1. The Morgan fingerprint density at radius 2 is 2.05 bits per heavy atom. The lowest BCUT2D eigenvalue weighted by molar-refractivity contribution is 0.197. The van der Waals surface area contributed by atoms with Crippen molar-refractivity contribution in [2.45, 2.75) is 27.2 Å². The smallest absolute Gasteiger partial charge is 0.280 e. The van der Waals surface area contributed by atoms with Crippen LogP contribution in [0, 0.1) is 20.8 Å². The second-order valence-corrected chi connectivity index (χ2v) is 5.44. The van der Waals surface area contributed by atoms with Crippen LogP contribution < -0.4 is 5.56 Å². The lowest BCUT2D eigenvalue weighted by atomic mass is 10.1. The first-order valence-electron chi connectivity index (χ1n) is 7.42. The van der Waals surface area contributed by atoms with Gasteiger partial charge in [-0.3, -0.25) is 14.9 Å². The molecule has 2 rings (SSSR count). The molecular formula is C17H23N3O2. The molecule has 2 aromatic rings. The molecule has 5 heteroatoms. The van der Waals surface area contributed by atoms with Gasteiger partial charge in [-0.25, -0.2) is 4.68 Å². The van der Waals surface area contributed by atoms with E-state index in [9.17, 15) is 4.79 Å². The van der Waals surface area contributed by atoms with Gasteiger partial charge in [0, 0.05) is 32.2 Å². The topological polar surface area (TPSA) is 59.4 Å². The number of nitrogens with zero attached hydrogens (tertiary/aromatic N) is 2. The van der Waals surface area contributed by atoms with Gasteiger partial charge in [-0.15, -0.1) is 0 Å². The Balaban J connectivity index is 2.27. The molecule has 0 aliphatic rings. The SMILES string of the molecule is COCCCN=Cc1c(C)[nH]n(-c2ccc(C)c(C)c2)c1=O. The highest BCUT2D eigenvalue weighted by Crippen LogP contribution is 2.12. The fraction of sp³-hybridized carbons (Fsp3) is 0.412. The predicted molar refractivity (Wildman–Crippen MR) is 89.6 cm³/mol. The molecule has 0 aliphatic carbocycles. The van der Waals surface area contributed by atoms with Crippen LogP contribution in [-0.4, -0.2) is 36.3 Å². The zero-order chi connectivity index (χ0) is 16.1. The molecule has 0 aliphatic heterocycles. The third-order valence-corrected chi connectivity index (χ3v) is 3.72. The second kappa shape index (κ2) is 7.22. The molecule has 0 unspecified atom stereocenters. The third kappa shape index (κ3) is 3.54. The quantitative estimate of drug-likeness (QED) is 0.658. The molecule has 0 saturated heterocycles. The van der Waals surface area contributed by atoms with Crippen molar-refractivity contribution in [2.75, 3.05) is 20.3 Å². The van der Waals surface area contributed by atoms with Gasteiger partial charge in [-0.2, -0.15) is 0 Å². The largest absolute Gasteiger partial charge is 0.385 e. The number of methoxy groups -OCH3 is 1. The molecule has 1 aromatic carbocycles. The zero-order valence-electron chi connectivity index (χ0n) is 13.6. The van der Waals surface area contributed by atoms with Crippen LogP contribution in [0.15, 0.2) is 28.0 Å². The summed E-state index contributed by atoms with van der Waals surface area (Å²) in [6, 6.07) is 5.97. The van der Waals surface area contributed by atoms with Gasteiger partial charge in [0.2, 0.25) is 0 Å². The first-order chi connectivity index (χ1) is 10.5. The summed E-state index contributed by atoms with van der Waals surface area (Å²) < 4.78 is 6.55. The van der Waals surface area contributed by atoms with Crippen molar-refractivity contribution >= 4 is 6.21 Å². The number of hydrogen-bond donors (Lipinski definition) is 1. The van der Waals surface area contributed by atoms with E-state index in [1.165, 1.54) is 5.56 Å². The molecule has 1 aromatic heterocycles. The lowest BCUT2D eigenvalue weighted by Gasteiger charge is -2.05. The Labute approximate surface area is 130 Å². The Morgan fingerprint density at radius 1 is 1.27 bits per heavy atom. The monoisotopic (exact) mass is 301 g/mol. The van der Waals surface area contributed by atoms with E-state index in [2.05, 4.69) is 17.0 Å². The van der Waals surface area contributed by atoms with Gasteiger partial charge in [0.05, 0.1) is 11.3 Å². The Hall–Kier alpha value is -2.14. The van der Waals surface area contributed by atoms with Crippen LogP contribution >= 0.6 is 0 Å². The van der Waals surface area contributed by atoms with Crippen LogP contribution in [0.3, 0.4) is 0 Å². The van der Waals surface area contributed by atoms with Crippen molar-refractivity contribution in [3.63, 3.8) is 0 Å². The van der Waals surface area contributed by atoms with Gasteiger partial charge in [-0.1, -0.05) is 6.07 Å². The van der Waals surface area contributed by atoms with Crippen LogP contribution in [0.5, 0.6) is 0 Å². The van der Waals surface area contributed by atoms with Crippen molar-refractivity contribution in [3.05, 3.63) is 50.9 Å². The summed E-state index contributed by atoms with van der Waals surface area (Å²) in [5, 5.41) is 3.12. The molecule has 1 N–H and O–H groups in total. The molecule has 0 radical (unpaired) electrons. The number of hydrogen-bond acceptors (Lipinski definition) is 3. The highest BCUT2D eigenvalue weighted by molar-refractivity contribution is 5.80. The average molecular weight is 301 g/mol. The third-order valence-electron chi connectivity index (χ3n) is 3.72. The molecule has 118 valence electrons. The summed E-state index contributed by atoms with van der Waals surface area (Å²) in [4.78, 5) is 16.8. The van der Waals surface area contributed by atoms with Crippen molar-refractivity contribution in [1.82, 2.24) is 9.78 Å². The van der Waals surface area contributed by atoms with E-state index in [0.29, 0.717) is 18.7 Å². The number of ether oxygens (including phenoxy) is 1. The molecule has 5 nitrogen and oxygen atoms in total. The van der Waals surface area contributed by atoms with Crippen LogP contribution in [0.2, 0.25) is 0 Å². The summed E-state index contributed by atoms with van der Waals surface area (Å²) in [6.07, 6.45) is 2.50. The van der Waals surface area contributed by atoms with E-state index in [0.717, 1.165) is 23.4 Å². The van der Waals surface area contributed by atoms with Crippen LogP contribution in [0.1, 0.15) is 28.8 Å². The maximum Gasteiger partial charge on any atom is 0.280 e. The number of aryl methyl sites for hydroxylation is 3. The van der Waals surface area contributed by atoms with E-state index < -0.39 is 0 Å². The molecule has 0 bridgehead atoms. The predicted octanol–water partition coefficient (Wildman–Crippen LogP) is 2.55. The number of aliphatic imine (C=N–C) groups is 1. The van der Waals surface area contributed by atoms with Gasteiger partial charge in [-0.05, 0) is 50.5 Å². The summed E-state index contributed by atoms with van der Waals surface area (Å²) in [5.41, 5.74) is 4.56. The minimum absolute atomic E-state index is 0.0729. The maximum atomic E-state index is 12.5. The van der Waals surface area contributed by atoms with Crippen LogP contribution in [0.25, 0.3) is 5.69 Å². The second-order valence-electron chi connectivity index (χ2n) is 5.44. The molecule has 0 spiro atoms. The molecule has 0 amide bonds. The number of H-pyrrole nitrogens is 1. The van der Waals surface area contributed by atoms with E-state index >= 15 is 0 Å². The van der Waals surface area contributed by atoms with Gasteiger partial charge in [0.25, 0.3) is 5.56 Å². The summed E-state index contributed by atoms with van der Waals surface area (Å²) in [6.45, 7) is 7.31. The van der Waals surface area contributed by atoms with Gasteiger partial charge in [0.1, 0.15) is 0 Å². The van der Waals surface area contributed by atoms with E-state index in [4.69, 9.17) is 4.74 Å². The summed E-state index contributed by atoms with van der Waals surface area (Å²) >= 11 is 0. The van der Waals surface area contributed by atoms with E-state index in [1.54, 1.807) is 18.0 Å². The fourth-order valence-corrected chi connectivity index (χ4v) is 2.21. The normalized spacial score (nSPS) is 11.5. The first-order valence-corrected chi connectivity index (χ1v) is 7.42. The molecule has 0 saturated carbocycles. The van der Waals surface area contributed by atoms with Crippen molar-refractivity contribution in [3.8, 4) is 5.69 Å². The molecule has 0 fully saturated rings. The standard InChI is InChI=1S/C17H23N3O2/c1-12-6-7-15(10-13(12)2)20-17(21)16(14(3)19-20)11-18-8-5-9-22-4/h6-7,10-11,19H,5,8-9H2,1-4H3. The Bertz CT molecular complexity index is 726. The van der Waals surface area contributed by atoms with Crippen LogP contribution in [0.4, 0.5) is 0 Å². The molecule has 0 atom stereocenters. The average Bonchev–Trinajstić information content (AvgIpc) is 2.77. The minimum atomic E-state index is -0.0729. The number of benzene rings is 1. The zero-order valence-corrected chi connectivity index (χ0v) is 13.6. The van der Waals surface area contributed by atoms with Crippen molar-refractivity contribution in [2.24, 2.45) is 4.99 Å². The highest BCUT2D eigenvalue weighted by Gasteiger charge is 2.10. The molecule has 22 heavy (non-hydrogen) atoms. The minimum Gasteiger partial charge on any atom is -0.385 e. The first kappa shape index (κ1) is 16.2. The Kier molecular flexibility index (Phi) is 5.33. The maximum absolute atomic E-state index is 12.5. The molecule has 1 heterocycles. The summed E-state index contributed by atoms with van der Waals surface area (Å²) in [7, 11) is 1.67. The van der Waals surface area contributed by atoms with E-state index in [1.807, 2.05) is 32.0 Å². The number of aromatic nitrogens is 2. The molecular weight excluding hydrogens is 278 g/mol. The highest BCUT2D eigenvalue weighted by atomic mass is 16.5. The number of aromatic amines is 1. The Morgan fingerprint density at radius 3 is 2.73 bits per heavy atom. The fourth-order valence-electron chi connectivity index (χ4n) is 2.21.